The zero-order valence-corrected chi connectivity index (χ0v) is 28.3. The van der Waals surface area contributed by atoms with Crippen LogP contribution in [0.15, 0.2) is 152 Å². The molecule has 0 unspecified atom stereocenters. The van der Waals surface area contributed by atoms with E-state index in [1.54, 1.807) is 0 Å². The van der Waals surface area contributed by atoms with Gasteiger partial charge in [0.05, 0.1) is 27.9 Å². The van der Waals surface area contributed by atoms with Crippen molar-refractivity contribution in [1.29, 1.82) is 0 Å². The molecule has 2 heterocycles. The lowest BCUT2D eigenvalue weighted by Crippen LogP contribution is -2.10. The second-order valence-corrected chi connectivity index (χ2v) is 13.4. The average Bonchev–Trinajstić information content (AvgIpc) is 3.65. The molecule has 0 saturated carbocycles. The lowest BCUT2D eigenvalue weighted by atomic mass is 10.0. The minimum atomic E-state index is 1.14. The largest absolute Gasteiger partial charge is 0.310 e. The molecule has 2 aromatic heterocycles. The smallest absolute Gasteiger partial charge is 0.0622 e. The van der Waals surface area contributed by atoms with Crippen molar-refractivity contribution in [2.45, 2.75) is 27.7 Å². The Labute approximate surface area is 287 Å². The fourth-order valence-electron chi connectivity index (χ4n) is 7.54. The van der Waals surface area contributed by atoms with Gasteiger partial charge in [0, 0.05) is 44.3 Å². The summed E-state index contributed by atoms with van der Waals surface area (Å²) in [6.07, 6.45) is 0. The van der Waals surface area contributed by atoms with Gasteiger partial charge in [-0.1, -0.05) is 101 Å². The number of rotatable bonds is 6. The van der Waals surface area contributed by atoms with Gasteiger partial charge < -0.3 is 14.2 Å². The van der Waals surface area contributed by atoms with Gasteiger partial charge in [0.2, 0.25) is 0 Å². The van der Waals surface area contributed by atoms with Gasteiger partial charge in [-0.3, -0.25) is 0 Å². The summed E-state index contributed by atoms with van der Waals surface area (Å²) in [5.41, 5.74) is 15.6. The molecule has 9 rings (SSSR count). The van der Waals surface area contributed by atoms with Gasteiger partial charge in [-0.05, 0) is 100 Å². The molecule has 236 valence electrons. The SMILES string of the molecule is Cc1ccc(N(c2ccc(C)cc2)c2cccc3c2c2cccc4c5c(N(c6ccc(C)cc6)c6ccc(C)cc6)cccc5n3c24)cc1. The van der Waals surface area contributed by atoms with Crippen molar-refractivity contribution in [2.75, 3.05) is 9.80 Å². The van der Waals surface area contributed by atoms with Crippen LogP contribution in [0.3, 0.4) is 0 Å². The summed E-state index contributed by atoms with van der Waals surface area (Å²) in [7, 11) is 0. The van der Waals surface area contributed by atoms with Crippen LogP contribution in [0.1, 0.15) is 22.3 Å². The number of anilines is 6. The van der Waals surface area contributed by atoms with E-state index in [1.165, 1.54) is 71.7 Å². The van der Waals surface area contributed by atoms with Crippen LogP contribution in [0.25, 0.3) is 38.1 Å². The van der Waals surface area contributed by atoms with Gasteiger partial charge in [0.15, 0.2) is 0 Å². The van der Waals surface area contributed by atoms with Crippen LogP contribution in [-0.2, 0) is 0 Å². The number of fused-ring (bicyclic) bond motifs is 6. The highest BCUT2D eigenvalue weighted by Gasteiger charge is 2.25. The van der Waals surface area contributed by atoms with E-state index in [0.717, 1.165) is 22.7 Å². The molecule has 0 aliphatic heterocycles. The Morgan fingerprint density at radius 2 is 0.653 bits per heavy atom. The number of aryl methyl sites for hydroxylation is 4. The lowest BCUT2D eigenvalue weighted by Gasteiger charge is -2.27. The molecule has 3 nitrogen and oxygen atoms in total. The molecule has 0 aliphatic rings. The Balaban J connectivity index is 1.34. The summed E-state index contributed by atoms with van der Waals surface area (Å²) in [5.74, 6) is 0. The summed E-state index contributed by atoms with van der Waals surface area (Å²) in [6, 6.07) is 55.8. The van der Waals surface area contributed by atoms with Crippen molar-refractivity contribution in [3.63, 3.8) is 0 Å². The molecular formula is C46H37N3. The minimum Gasteiger partial charge on any atom is -0.310 e. The first-order chi connectivity index (χ1) is 24.0. The standard InChI is InChI=1S/C46H37N3/c1-30-14-22-34(23-15-30)47(35-24-16-31(2)17-25-35)40-10-6-12-42-44(40)38-8-5-9-39-45-41(11-7-13-43(45)49(42)46(38)39)48(36-26-18-32(3)19-27-36)37-28-20-33(4)21-29-37/h5-29H,1-4H3. The van der Waals surface area contributed by atoms with Crippen LogP contribution in [0.2, 0.25) is 0 Å². The van der Waals surface area contributed by atoms with E-state index in [-0.39, 0.29) is 0 Å². The first-order valence-corrected chi connectivity index (χ1v) is 17.0. The molecule has 0 spiro atoms. The van der Waals surface area contributed by atoms with E-state index in [0.29, 0.717) is 0 Å². The maximum absolute atomic E-state index is 2.49. The van der Waals surface area contributed by atoms with Gasteiger partial charge in [0.1, 0.15) is 0 Å². The highest BCUT2D eigenvalue weighted by atomic mass is 15.2. The first-order valence-electron chi connectivity index (χ1n) is 17.0. The molecule has 0 atom stereocenters. The molecule has 0 aliphatic carbocycles. The molecule has 0 amide bonds. The first kappa shape index (κ1) is 29.1. The highest BCUT2D eigenvalue weighted by Crippen LogP contribution is 2.49. The zero-order valence-electron chi connectivity index (χ0n) is 28.3. The molecule has 3 heteroatoms. The van der Waals surface area contributed by atoms with Crippen molar-refractivity contribution in [1.82, 2.24) is 4.40 Å². The molecule has 0 saturated heterocycles. The van der Waals surface area contributed by atoms with Crippen molar-refractivity contribution in [2.24, 2.45) is 0 Å². The molecule has 49 heavy (non-hydrogen) atoms. The summed E-state index contributed by atoms with van der Waals surface area (Å²) < 4.78 is 2.49. The Kier molecular flexibility index (Phi) is 6.70. The van der Waals surface area contributed by atoms with E-state index in [1.807, 2.05) is 0 Å². The second kappa shape index (κ2) is 11.3. The van der Waals surface area contributed by atoms with Crippen LogP contribution in [0.4, 0.5) is 34.1 Å². The zero-order chi connectivity index (χ0) is 33.2. The normalized spacial score (nSPS) is 11.7. The third-order valence-electron chi connectivity index (χ3n) is 9.97. The number of nitrogens with zero attached hydrogens (tertiary/aromatic N) is 3. The van der Waals surface area contributed by atoms with Gasteiger partial charge in [-0.15, -0.1) is 0 Å². The minimum absolute atomic E-state index is 1.14. The van der Waals surface area contributed by atoms with Gasteiger partial charge in [-0.2, -0.15) is 0 Å². The molecule has 7 aromatic carbocycles. The predicted octanol–water partition coefficient (Wildman–Crippen LogP) is 13.0. The Bertz CT molecular complexity index is 2340. The van der Waals surface area contributed by atoms with E-state index in [2.05, 4.69) is 194 Å². The van der Waals surface area contributed by atoms with Crippen LogP contribution in [-0.4, -0.2) is 4.40 Å². The predicted molar refractivity (Wildman–Crippen MR) is 209 cm³/mol. The number of para-hydroxylation sites is 1. The topological polar surface area (TPSA) is 10.9 Å². The van der Waals surface area contributed by atoms with E-state index >= 15 is 0 Å². The molecule has 0 fully saturated rings. The molecular weight excluding hydrogens is 595 g/mol. The number of aromatic nitrogens is 1. The fraction of sp³-hybridized carbons (Fsp3) is 0.0870. The van der Waals surface area contributed by atoms with E-state index < -0.39 is 0 Å². The number of benzene rings is 7. The molecule has 0 radical (unpaired) electrons. The summed E-state index contributed by atoms with van der Waals surface area (Å²) in [4.78, 5) is 4.82. The number of hydrogen-bond donors (Lipinski definition) is 0. The Morgan fingerprint density at radius 3 is 0.980 bits per heavy atom. The van der Waals surface area contributed by atoms with Crippen molar-refractivity contribution in [3.05, 3.63) is 174 Å². The summed E-state index contributed by atoms with van der Waals surface area (Å²) in [5, 5.41) is 5.02. The van der Waals surface area contributed by atoms with Crippen molar-refractivity contribution >= 4 is 72.2 Å². The second-order valence-electron chi connectivity index (χ2n) is 13.4. The van der Waals surface area contributed by atoms with Crippen LogP contribution in [0.5, 0.6) is 0 Å². The molecule has 0 bridgehead atoms. The van der Waals surface area contributed by atoms with Crippen LogP contribution >= 0.6 is 0 Å². The summed E-state index contributed by atoms with van der Waals surface area (Å²) >= 11 is 0. The lowest BCUT2D eigenvalue weighted by molar-refractivity contribution is 1.27. The van der Waals surface area contributed by atoms with Gasteiger partial charge >= 0.3 is 0 Å². The Morgan fingerprint density at radius 1 is 0.347 bits per heavy atom. The van der Waals surface area contributed by atoms with Crippen LogP contribution in [0, 0.1) is 27.7 Å². The van der Waals surface area contributed by atoms with Crippen molar-refractivity contribution in [3.8, 4) is 0 Å². The summed E-state index contributed by atoms with van der Waals surface area (Å²) in [6.45, 7) is 8.58. The third kappa shape index (κ3) is 4.65. The van der Waals surface area contributed by atoms with E-state index in [9.17, 15) is 0 Å². The third-order valence-corrected chi connectivity index (χ3v) is 9.97. The molecule has 9 aromatic rings. The Hall–Kier alpha value is -6.06. The maximum atomic E-state index is 2.49. The van der Waals surface area contributed by atoms with Crippen molar-refractivity contribution < 1.29 is 0 Å². The monoisotopic (exact) mass is 631 g/mol. The molecule has 0 N–H and O–H groups in total. The number of hydrogen-bond acceptors (Lipinski definition) is 2. The quantitative estimate of drug-likeness (QED) is 0.181. The average molecular weight is 632 g/mol. The van der Waals surface area contributed by atoms with Crippen LogP contribution < -0.4 is 9.80 Å². The van der Waals surface area contributed by atoms with Gasteiger partial charge in [0.25, 0.3) is 0 Å². The maximum Gasteiger partial charge on any atom is 0.0622 e. The fourth-order valence-corrected chi connectivity index (χ4v) is 7.54. The van der Waals surface area contributed by atoms with Gasteiger partial charge in [-0.25, -0.2) is 0 Å². The van der Waals surface area contributed by atoms with E-state index in [4.69, 9.17) is 0 Å². The highest BCUT2D eigenvalue weighted by molar-refractivity contribution is 6.28.